The maximum atomic E-state index is 14.8. The Morgan fingerprint density at radius 2 is 1.42 bits per heavy atom. The van der Waals surface area contributed by atoms with Gasteiger partial charge in [0.15, 0.2) is 23.1 Å². The second-order valence-corrected chi connectivity index (χ2v) is 26.7. The number of methoxy groups -OCH3 is 1. The number of carbonyl (C=O) groups is 4. The van der Waals surface area contributed by atoms with Crippen LogP contribution in [0.25, 0.3) is 0 Å². The average Bonchev–Trinajstić information content (AvgIpc) is 3.27. The van der Waals surface area contributed by atoms with E-state index in [0.29, 0.717) is 29.2 Å². The van der Waals surface area contributed by atoms with Gasteiger partial charge in [-0.3, -0.25) is 19.2 Å². The van der Waals surface area contributed by atoms with Crippen LogP contribution < -0.4 is 9.47 Å². The Balaban J connectivity index is 0.965. The van der Waals surface area contributed by atoms with E-state index in [9.17, 15) is 29.4 Å². The molecule has 0 amide bonds. The van der Waals surface area contributed by atoms with Crippen LogP contribution in [0, 0.1) is 73.9 Å². The van der Waals surface area contributed by atoms with Crippen LogP contribution >= 0.6 is 0 Å². The van der Waals surface area contributed by atoms with Gasteiger partial charge in [0.2, 0.25) is 11.4 Å². The number of rotatable bonds is 1. The van der Waals surface area contributed by atoms with Crippen molar-refractivity contribution in [1.82, 2.24) is 0 Å². The molecule has 1 aromatic rings. The first-order valence-corrected chi connectivity index (χ1v) is 25.9. The largest absolute Gasteiger partial charge is 0.471 e. The Morgan fingerprint density at radius 1 is 0.761 bits per heavy atom. The van der Waals surface area contributed by atoms with Crippen LogP contribution in [-0.2, 0) is 24.5 Å². The molecule has 6 fully saturated rings. The normalized spacial score (nSPS) is 51.3. The fraction of sp³-hybridized carbons (Fsp3) is 0.724. The van der Waals surface area contributed by atoms with E-state index in [1.54, 1.807) is 6.08 Å². The van der Waals surface area contributed by atoms with E-state index >= 15 is 0 Å². The Bertz CT molecular complexity index is 2600. The third-order valence-corrected chi connectivity index (χ3v) is 24.1. The van der Waals surface area contributed by atoms with Crippen LogP contribution in [0.3, 0.4) is 0 Å². The van der Waals surface area contributed by atoms with Gasteiger partial charge in [-0.2, -0.15) is 0 Å². The van der Waals surface area contributed by atoms with Crippen LogP contribution in [0.5, 0.6) is 11.5 Å². The van der Waals surface area contributed by atoms with Crippen LogP contribution in [0.15, 0.2) is 41.0 Å². The van der Waals surface area contributed by atoms with Crippen molar-refractivity contribution in [2.45, 2.75) is 189 Å². The summed E-state index contributed by atoms with van der Waals surface area (Å²) in [6.45, 7) is 26.6. The topological polar surface area (TPSA) is 136 Å². The summed E-state index contributed by atoms with van der Waals surface area (Å²) in [4.78, 5) is 56.1. The summed E-state index contributed by atoms with van der Waals surface area (Å²) in [7, 11) is 1.52. The molecule has 67 heavy (non-hydrogen) atoms. The molecule has 16 unspecified atom stereocenters. The summed E-state index contributed by atoms with van der Waals surface area (Å²) in [6, 6.07) is 1.99. The molecule has 9 nitrogen and oxygen atoms in total. The Hall–Kier alpha value is -3.56. The number of hydrogen-bond donors (Lipinski definition) is 2. The van der Waals surface area contributed by atoms with Gasteiger partial charge in [-0.05, 0) is 189 Å². The molecule has 9 aliphatic carbocycles. The molecule has 362 valence electrons. The Kier molecular flexibility index (Phi) is 9.06. The quantitative estimate of drug-likeness (QED) is 0.264. The van der Waals surface area contributed by atoms with Gasteiger partial charge >= 0.3 is 11.8 Å². The molecule has 2 N–H and O–H groups in total. The fourth-order valence-electron chi connectivity index (χ4n) is 19.1. The van der Waals surface area contributed by atoms with Crippen molar-refractivity contribution in [3.05, 3.63) is 57.7 Å². The average molecular weight is 917 g/mol. The molecule has 6 saturated carbocycles. The number of fused-ring (bicyclic) bond motifs is 17. The summed E-state index contributed by atoms with van der Waals surface area (Å²) in [5.41, 5.74) is 0.681. The van der Waals surface area contributed by atoms with E-state index < -0.39 is 39.5 Å². The number of aliphatic hydroxyl groups excluding tert-OH is 1. The first-order chi connectivity index (χ1) is 31.0. The molecular formula is C58H76O9. The van der Waals surface area contributed by atoms with E-state index in [1.165, 1.54) is 7.11 Å². The van der Waals surface area contributed by atoms with Gasteiger partial charge in [0.1, 0.15) is 6.10 Å². The minimum absolute atomic E-state index is 0.0456. The van der Waals surface area contributed by atoms with Gasteiger partial charge in [-0.25, -0.2) is 0 Å². The maximum absolute atomic E-state index is 14.8. The summed E-state index contributed by atoms with van der Waals surface area (Å²) in [5.74, 6) is -2.08. The molecule has 0 spiro atoms. The van der Waals surface area contributed by atoms with Gasteiger partial charge in [0.25, 0.3) is 0 Å². The molecular weight excluding hydrogens is 841 g/mol. The molecule has 16 atom stereocenters. The smallest absolute Gasteiger partial charge is 0.317 e. The maximum Gasteiger partial charge on any atom is 0.317 e. The molecule has 10 aliphatic rings. The van der Waals surface area contributed by atoms with Gasteiger partial charge in [0.05, 0.1) is 12.5 Å². The van der Waals surface area contributed by atoms with Crippen molar-refractivity contribution in [2.75, 3.05) is 7.11 Å². The van der Waals surface area contributed by atoms with Crippen molar-refractivity contribution < 1.29 is 43.6 Å². The monoisotopic (exact) mass is 917 g/mol. The molecule has 11 rings (SSSR count). The first-order valence-electron chi connectivity index (χ1n) is 25.9. The van der Waals surface area contributed by atoms with Gasteiger partial charge < -0.3 is 24.4 Å². The molecule has 1 aliphatic heterocycles. The number of aliphatic hydroxyl groups is 2. The van der Waals surface area contributed by atoms with Crippen molar-refractivity contribution in [3.63, 3.8) is 0 Å². The number of hydrogen-bond acceptors (Lipinski definition) is 9. The van der Waals surface area contributed by atoms with Gasteiger partial charge in [0, 0.05) is 33.4 Å². The number of esters is 1. The number of allylic oxidation sites excluding steroid dienone is 3. The molecule has 0 bridgehead atoms. The molecule has 1 aromatic carbocycles. The highest BCUT2D eigenvalue weighted by atomic mass is 16.7. The van der Waals surface area contributed by atoms with E-state index in [0.717, 1.165) is 99.3 Å². The summed E-state index contributed by atoms with van der Waals surface area (Å²) in [6.07, 6.45) is 16.0. The number of ether oxygens (including phenoxy) is 3. The van der Waals surface area contributed by atoms with Crippen molar-refractivity contribution in [1.29, 1.82) is 0 Å². The third kappa shape index (κ3) is 5.05. The van der Waals surface area contributed by atoms with Crippen LogP contribution in [0.4, 0.5) is 0 Å². The second-order valence-electron chi connectivity index (χ2n) is 26.7. The highest BCUT2D eigenvalue weighted by Crippen LogP contribution is 2.78. The number of carbonyl (C=O) groups excluding carboxylic acids is 4. The van der Waals surface area contributed by atoms with E-state index in [-0.39, 0.29) is 73.5 Å². The lowest BCUT2D eigenvalue weighted by Gasteiger charge is -2.72. The first kappa shape index (κ1) is 45.9. The number of Topliss-reactive ketones (excluding diaryl/α,β-unsaturated/α-hetero) is 1. The van der Waals surface area contributed by atoms with Crippen LogP contribution in [0.1, 0.15) is 181 Å². The molecule has 0 aromatic heterocycles. The van der Waals surface area contributed by atoms with Gasteiger partial charge in [-0.15, -0.1) is 0 Å². The van der Waals surface area contributed by atoms with E-state index in [1.807, 2.05) is 32.9 Å². The predicted octanol–water partition coefficient (Wildman–Crippen LogP) is 10.8. The zero-order valence-corrected chi connectivity index (χ0v) is 42.6. The lowest BCUT2D eigenvalue weighted by Crippen LogP contribution is -2.71. The molecule has 0 saturated heterocycles. The zero-order valence-electron chi connectivity index (χ0n) is 42.6. The van der Waals surface area contributed by atoms with E-state index in [2.05, 4.69) is 68.4 Å². The van der Waals surface area contributed by atoms with Crippen molar-refractivity contribution in [2.24, 2.45) is 67.0 Å². The van der Waals surface area contributed by atoms with Crippen molar-refractivity contribution >= 4 is 23.3 Å². The van der Waals surface area contributed by atoms with Gasteiger partial charge in [-0.1, -0.05) is 68.4 Å². The molecule has 1 heterocycles. The Labute approximate surface area is 398 Å². The number of benzene rings is 1. The lowest BCUT2D eigenvalue weighted by molar-refractivity contribution is -0.236. The summed E-state index contributed by atoms with van der Waals surface area (Å²) in [5, 5.41) is 24.3. The fourth-order valence-corrected chi connectivity index (χ4v) is 19.1. The minimum Gasteiger partial charge on any atom is -0.471 e. The molecule has 0 radical (unpaired) electrons. The summed E-state index contributed by atoms with van der Waals surface area (Å²) < 4.78 is 19.3. The van der Waals surface area contributed by atoms with Crippen LogP contribution in [0.2, 0.25) is 0 Å². The lowest BCUT2D eigenvalue weighted by atomic mass is 9.32. The number of ketones is 3. The highest BCUT2D eigenvalue weighted by Gasteiger charge is 2.73. The minimum atomic E-state index is -2.36. The second kappa shape index (κ2) is 13.2. The zero-order chi connectivity index (χ0) is 48.5. The van der Waals surface area contributed by atoms with Crippen molar-refractivity contribution in [3.8, 4) is 11.5 Å². The predicted molar refractivity (Wildman–Crippen MR) is 254 cm³/mol. The highest BCUT2D eigenvalue weighted by molar-refractivity contribution is 6.10. The Morgan fingerprint density at radius 3 is 2.12 bits per heavy atom. The molecule has 9 heteroatoms. The van der Waals surface area contributed by atoms with E-state index in [4.69, 9.17) is 14.2 Å². The standard InChI is InChI=1S/C58H76O9/c1-31-26-39-52(7,46(62)44(31)61)21-25-55(10)40-29-36(59)43-32(2)45-37(27-35(43)51(40,6)20-23-54(39,55)9)66-57(12)33-14-15-38-50(5,34(33)28-42(60)58(57,64)67-45)19-24-56(11)41-30-49(4,47(63)65-13)17-16-48(41,3)18-22-53(38,56)8/h14,27-29,31,38-39,41,46,62,64H,15-26,30H2,1-13H3. The summed E-state index contributed by atoms with van der Waals surface area (Å²) >= 11 is 0. The SMILES string of the molecule is COC(=O)C1(C)CCC2(C)CCC3(C)C4CC=C5C(=CC(=O)C6(O)Oc7c(cc8c(c7C)C(=O)C=C7C8(C)CCC8(C)C9CC(C)C(=O)C(O)C9(C)CCC78C)OC56C)C4(C)CCC3(C)C2C1. The van der Waals surface area contributed by atoms with Crippen LogP contribution in [-0.4, -0.2) is 58.1 Å². The third-order valence-electron chi connectivity index (χ3n) is 24.1.